The van der Waals surface area contributed by atoms with Crippen molar-refractivity contribution in [2.45, 2.75) is 44.8 Å². The summed E-state index contributed by atoms with van der Waals surface area (Å²) in [5, 5.41) is 16.8. The highest BCUT2D eigenvalue weighted by molar-refractivity contribution is 5.93. The van der Waals surface area contributed by atoms with E-state index in [0.717, 1.165) is 32.9 Å². The zero-order valence-electron chi connectivity index (χ0n) is 20.2. The number of aromatic nitrogens is 2. The number of rotatable bonds is 10. The smallest absolute Gasteiger partial charge is 0.326 e. The Kier molecular flexibility index (Phi) is 7.40. The van der Waals surface area contributed by atoms with Gasteiger partial charge in [0.05, 0.1) is 6.04 Å². The molecule has 9 nitrogen and oxygen atoms in total. The molecule has 0 radical (unpaired) electrons. The van der Waals surface area contributed by atoms with Crippen LogP contribution < -0.4 is 16.4 Å². The molecule has 36 heavy (non-hydrogen) atoms. The van der Waals surface area contributed by atoms with Crippen LogP contribution in [0.25, 0.3) is 21.8 Å². The minimum Gasteiger partial charge on any atom is -0.480 e. The number of amides is 2. The number of nitrogens with one attached hydrogen (secondary N) is 4. The summed E-state index contributed by atoms with van der Waals surface area (Å²) in [6.45, 7) is 3.42. The van der Waals surface area contributed by atoms with Crippen LogP contribution in [0.15, 0.2) is 60.9 Å². The topological polar surface area (TPSA) is 153 Å². The Labute approximate surface area is 208 Å². The Hall–Kier alpha value is -4.11. The summed E-state index contributed by atoms with van der Waals surface area (Å²) in [6, 6.07) is 12.4. The van der Waals surface area contributed by atoms with Crippen LogP contribution in [-0.2, 0) is 27.2 Å². The number of H-pyrrole nitrogens is 2. The minimum absolute atomic E-state index is 0.172. The van der Waals surface area contributed by atoms with E-state index in [-0.39, 0.29) is 18.8 Å². The third-order valence-corrected chi connectivity index (χ3v) is 6.41. The summed E-state index contributed by atoms with van der Waals surface area (Å²) in [7, 11) is 0. The van der Waals surface area contributed by atoms with Crippen molar-refractivity contribution >= 4 is 39.6 Å². The maximum atomic E-state index is 13.2. The molecular formula is C27H31N5O4. The molecule has 0 aliphatic heterocycles. The summed E-state index contributed by atoms with van der Waals surface area (Å²) in [6.07, 6.45) is 4.07. The van der Waals surface area contributed by atoms with Crippen molar-refractivity contribution in [3.05, 3.63) is 72.1 Å². The first-order chi connectivity index (χ1) is 17.2. The van der Waals surface area contributed by atoms with Crippen LogP contribution in [0.1, 0.15) is 25.0 Å². The third-order valence-electron chi connectivity index (χ3n) is 6.41. The molecule has 0 aliphatic rings. The molecule has 0 unspecified atom stereocenters. The fourth-order valence-electron chi connectivity index (χ4n) is 4.41. The van der Waals surface area contributed by atoms with Crippen molar-refractivity contribution in [3.63, 3.8) is 0 Å². The number of carbonyl (C=O) groups is 3. The molecule has 0 fully saturated rings. The van der Waals surface area contributed by atoms with Gasteiger partial charge in [-0.25, -0.2) is 4.79 Å². The van der Waals surface area contributed by atoms with Gasteiger partial charge in [0.2, 0.25) is 11.8 Å². The highest BCUT2D eigenvalue weighted by atomic mass is 16.4. The largest absolute Gasteiger partial charge is 0.480 e. The monoisotopic (exact) mass is 489 g/mol. The van der Waals surface area contributed by atoms with E-state index in [1.54, 1.807) is 20.0 Å². The van der Waals surface area contributed by atoms with Gasteiger partial charge in [-0.05, 0) is 35.6 Å². The summed E-state index contributed by atoms with van der Waals surface area (Å²) in [5.41, 5.74) is 9.83. The number of benzene rings is 2. The fraction of sp³-hybridized carbons (Fsp3) is 0.296. The van der Waals surface area contributed by atoms with E-state index in [0.29, 0.717) is 0 Å². The normalized spacial score (nSPS) is 14.0. The van der Waals surface area contributed by atoms with Crippen LogP contribution in [0.3, 0.4) is 0 Å². The second kappa shape index (κ2) is 10.7. The summed E-state index contributed by atoms with van der Waals surface area (Å²) >= 11 is 0. The third kappa shape index (κ3) is 5.41. The number of aliphatic carboxylic acids is 1. The zero-order valence-corrected chi connectivity index (χ0v) is 20.2. The van der Waals surface area contributed by atoms with Crippen molar-refractivity contribution in [3.8, 4) is 0 Å². The Bertz CT molecular complexity index is 1390. The van der Waals surface area contributed by atoms with Gasteiger partial charge in [-0.1, -0.05) is 50.2 Å². The number of aromatic amines is 2. The first-order valence-corrected chi connectivity index (χ1v) is 11.9. The average molecular weight is 490 g/mol. The number of carbonyl (C=O) groups excluding carboxylic acids is 2. The van der Waals surface area contributed by atoms with Crippen LogP contribution in [-0.4, -0.2) is 51.0 Å². The molecule has 0 aliphatic carbocycles. The van der Waals surface area contributed by atoms with Gasteiger partial charge < -0.3 is 31.4 Å². The van der Waals surface area contributed by atoms with E-state index in [1.165, 1.54) is 0 Å². The number of fused-ring (bicyclic) bond motifs is 2. The molecular weight excluding hydrogens is 458 g/mol. The molecule has 3 atom stereocenters. The predicted molar refractivity (Wildman–Crippen MR) is 138 cm³/mol. The number of nitrogens with two attached hydrogens (primary N) is 1. The molecule has 2 heterocycles. The lowest BCUT2D eigenvalue weighted by atomic mass is 10.0. The number of carboxylic acid groups (broad SMARTS) is 1. The van der Waals surface area contributed by atoms with Crippen LogP contribution in [0, 0.1) is 5.92 Å². The van der Waals surface area contributed by atoms with Gasteiger partial charge in [0, 0.05) is 40.6 Å². The molecule has 4 aromatic rings. The lowest BCUT2D eigenvalue weighted by Crippen LogP contribution is -2.56. The van der Waals surface area contributed by atoms with Gasteiger partial charge in [0.15, 0.2) is 0 Å². The van der Waals surface area contributed by atoms with E-state index in [1.807, 2.05) is 54.7 Å². The molecule has 2 aromatic heterocycles. The lowest BCUT2D eigenvalue weighted by Gasteiger charge is -2.24. The second-order valence-electron chi connectivity index (χ2n) is 9.36. The molecule has 0 saturated carbocycles. The first-order valence-electron chi connectivity index (χ1n) is 11.9. The minimum atomic E-state index is -1.13. The van der Waals surface area contributed by atoms with E-state index >= 15 is 0 Å². The van der Waals surface area contributed by atoms with E-state index in [2.05, 4.69) is 20.6 Å². The van der Waals surface area contributed by atoms with E-state index in [4.69, 9.17) is 5.73 Å². The molecule has 0 saturated heterocycles. The number of hydrogen-bond donors (Lipinski definition) is 6. The number of hydrogen-bond acceptors (Lipinski definition) is 4. The molecule has 0 bridgehead atoms. The zero-order chi connectivity index (χ0) is 25.8. The maximum absolute atomic E-state index is 13.2. The van der Waals surface area contributed by atoms with Crippen molar-refractivity contribution in [2.24, 2.45) is 11.7 Å². The Morgan fingerprint density at radius 2 is 1.36 bits per heavy atom. The van der Waals surface area contributed by atoms with E-state index in [9.17, 15) is 19.5 Å². The fourth-order valence-corrected chi connectivity index (χ4v) is 4.41. The SMILES string of the molecule is CC(C)[C@H](NC(=O)[C@H](Cc1c[nH]c2ccccc12)NC(=O)[C@@H](N)Cc1c[nH]c2ccccc12)C(=O)O. The van der Waals surface area contributed by atoms with Crippen molar-refractivity contribution in [2.75, 3.05) is 0 Å². The van der Waals surface area contributed by atoms with Crippen LogP contribution in [0.2, 0.25) is 0 Å². The molecule has 4 rings (SSSR count). The molecule has 188 valence electrons. The molecule has 2 aromatic carbocycles. The van der Waals surface area contributed by atoms with E-state index < -0.39 is 35.9 Å². The number of carboxylic acids is 1. The van der Waals surface area contributed by atoms with Crippen LogP contribution in [0.4, 0.5) is 0 Å². The average Bonchev–Trinajstić information content (AvgIpc) is 3.45. The first kappa shape index (κ1) is 25.0. The van der Waals surface area contributed by atoms with Gasteiger partial charge in [0.1, 0.15) is 12.1 Å². The Morgan fingerprint density at radius 1 is 0.833 bits per heavy atom. The standard InChI is InChI=1S/C27H31N5O4/c1-15(2)24(27(35)36)32-26(34)23(12-17-14-30-22-10-6-4-8-19(17)22)31-25(33)20(28)11-16-13-29-21-9-5-3-7-18(16)21/h3-10,13-15,20,23-24,29-30H,11-12,28H2,1-2H3,(H,31,33)(H,32,34)(H,35,36)/t20-,23-,24-/m0/s1. The van der Waals surface area contributed by atoms with Crippen molar-refractivity contribution < 1.29 is 19.5 Å². The van der Waals surface area contributed by atoms with Gasteiger partial charge in [-0.15, -0.1) is 0 Å². The predicted octanol–water partition coefficient (Wildman–Crippen LogP) is 2.47. The Morgan fingerprint density at radius 3 is 1.89 bits per heavy atom. The molecule has 7 N–H and O–H groups in total. The van der Waals surface area contributed by atoms with Gasteiger partial charge in [-0.2, -0.15) is 0 Å². The number of para-hydroxylation sites is 2. The molecule has 0 spiro atoms. The van der Waals surface area contributed by atoms with Gasteiger partial charge >= 0.3 is 5.97 Å². The summed E-state index contributed by atoms with van der Waals surface area (Å²) in [5.74, 6) is -2.53. The van der Waals surface area contributed by atoms with Crippen molar-refractivity contribution in [1.82, 2.24) is 20.6 Å². The maximum Gasteiger partial charge on any atom is 0.326 e. The molecule has 2 amide bonds. The summed E-state index contributed by atoms with van der Waals surface area (Å²) < 4.78 is 0. The quantitative estimate of drug-likeness (QED) is 0.202. The van der Waals surface area contributed by atoms with Crippen molar-refractivity contribution in [1.29, 1.82) is 0 Å². The van der Waals surface area contributed by atoms with Gasteiger partial charge in [0.25, 0.3) is 0 Å². The Balaban J connectivity index is 1.54. The van der Waals surface area contributed by atoms with Gasteiger partial charge in [-0.3, -0.25) is 9.59 Å². The highest BCUT2D eigenvalue weighted by Gasteiger charge is 2.30. The second-order valence-corrected chi connectivity index (χ2v) is 9.36. The highest BCUT2D eigenvalue weighted by Crippen LogP contribution is 2.21. The van der Waals surface area contributed by atoms with Crippen LogP contribution >= 0.6 is 0 Å². The van der Waals surface area contributed by atoms with Crippen LogP contribution in [0.5, 0.6) is 0 Å². The molecule has 9 heteroatoms. The summed E-state index contributed by atoms with van der Waals surface area (Å²) in [4.78, 5) is 44.4. The lowest BCUT2D eigenvalue weighted by molar-refractivity contribution is -0.143.